The first-order chi connectivity index (χ1) is 14.2. The molecular weight excluding hydrogens is 380 g/mol. The summed E-state index contributed by atoms with van der Waals surface area (Å²) in [5, 5.41) is 5.54. The number of aromatic nitrogens is 3. The fourth-order valence-corrected chi connectivity index (χ4v) is 5.06. The maximum Gasteiger partial charge on any atom is 0.137 e. The molecule has 4 heterocycles. The van der Waals surface area contributed by atoms with Crippen molar-refractivity contribution in [2.45, 2.75) is 58.3 Å². The minimum atomic E-state index is 0. The van der Waals surface area contributed by atoms with Crippen molar-refractivity contribution in [2.75, 3.05) is 26.3 Å². The lowest BCUT2D eigenvalue weighted by Crippen LogP contribution is -2.15. The van der Waals surface area contributed by atoms with Gasteiger partial charge in [0.25, 0.3) is 0 Å². The molecule has 3 aromatic heterocycles. The predicted octanol–water partition coefficient (Wildman–Crippen LogP) is 5.59. The van der Waals surface area contributed by atoms with Gasteiger partial charge < -0.3 is 15.0 Å². The number of pyridine rings is 1. The number of rotatable bonds is 2. The highest BCUT2D eigenvalue weighted by Gasteiger charge is 2.18. The van der Waals surface area contributed by atoms with Gasteiger partial charge >= 0.3 is 0 Å². The van der Waals surface area contributed by atoms with Gasteiger partial charge in [-0.2, -0.15) is 0 Å². The van der Waals surface area contributed by atoms with Crippen molar-refractivity contribution >= 4 is 22.4 Å². The molecule has 2 aliphatic rings. The maximum atomic E-state index is 5.13. The van der Waals surface area contributed by atoms with E-state index in [4.69, 9.17) is 9.72 Å². The number of ether oxygens (including phenoxy) is 1. The predicted molar refractivity (Wildman–Crippen MR) is 123 cm³/mol. The van der Waals surface area contributed by atoms with Crippen molar-refractivity contribution in [3.05, 3.63) is 34.6 Å². The summed E-state index contributed by atoms with van der Waals surface area (Å²) in [6.07, 6.45) is 12.0. The van der Waals surface area contributed by atoms with Crippen LogP contribution in [0.1, 0.15) is 62.0 Å². The van der Waals surface area contributed by atoms with E-state index in [0.29, 0.717) is 5.92 Å². The lowest BCUT2D eigenvalue weighted by Gasteiger charge is -2.21. The van der Waals surface area contributed by atoms with Crippen LogP contribution >= 0.6 is 11.3 Å². The van der Waals surface area contributed by atoms with Crippen molar-refractivity contribution in [2.24, 2.45) is 0 Å². The van der Waals surface area contributed by atoms with Crippen molar-refractivity contribution < 1.29 is 6.16 Å². The first kappa shape index (κ1) is 20.5. The second kappa shape index (κ2) is 9.83. The Morgan fingerprint density at radius 2 is 1.97 bits per heavy atom. The summed E-state index contributed by atoms with van der Waals surface area (Å²) in [6.45, 7) is 8.19. The molecule has 1 aliphatic carbocycles. The van der Waals surface area contributed by atoms with Crippen LogP contribution in [0.15, 0.2) is 18.5 Å². The lowest BCUT2D eigenvalue weighted by molar-refractivity contribution is 0.151. The standard InChI is InChI=1S/C18H21N3S.C5H11NO.H2/c1-11-12(2)22-18(21-11)16-10-20-17-15(16)8-14(9-19-17)13-6-4-3-5-7-13;1-2-6-3-5-7-4-1;/h8-10,13H,3-7H2,1-2H3,(H,19,20);6H,1-5H2;1H. The van der Waals surface area contributed by atoms with Gasteiger partial charge in [0.15, 0.2) is 0 Å². The molecule has 1 aliphatic heterocycles. The summed E-state index contributed by atoms with van der Waals surface area (Å²) >= 11 is 1.77. The van der Waals surface area contributed by atoms with Crippen molar-refractivity contribution in [1.29, 1.82) is 0 Å². The number of nitrogens with one attached hydrogen (secondary N) is 2. The largest absolute Gasteiger partial charge is 0.380 e. The van der Waals surface area contributed by atoms with Crippen LogP contribution in [-0.4, -0.2) is 41.3 Å². The topological polar surface area (TPSA) is 62.8 Å². The second-order valence-electron chi connectivity index (χ2n) is 8.08. The molecule has 158 valence electrons. The first-order valence-electron chi connectivity index (χ1n) is 10.9. The highest BCUT2D eigenvalue weighted by atomic mass is 32.1. The maximum absolute atomic E-state index is 5.13. The Labute approximate surface area is 178 Å². The van der Waals surface area contributed by atoms with E-state index < -0.39 is 0 Å². The van der Waals surface area contributed by atoms with Gasteiger partial charge in [-0.25, -0.2) is 9.97 Å². The van der Waals surface area contributed by atoms with Gasteiger partial charge in [-0.05, 0) is 57.2 Å². The molecule has 0 aromatic carbocycles. The van der Waals surface area contributed by atoms with Crippen LogP contribution < -0.4 is 5.32 Å². The highest BCUT2D eigenvalue weighted by molar-refractivity contribution is 7.15. The minimum absolute atomic E-state index is 0. The van der Waals surface area contributed by atoms with Gasteiger partial charge in [0, 0.05) is 42.8 Å². The molecule has 29 heavy (non-hydrogen) atoms. The van der Waals surface area contributed by atoms with Gasteiger partial charge in [0.1, 0.15) is 10.7 Å². The average molecular weight is 415 g/mol. The van der Waals surface area contributed by atoms with Crippen LogP contribution in [0.5, 0.6) is 0 Å². The fraction of sp³-hybridized carbons (Fsp3) is 0.565. The Balaban J connectivity index is 0.000000274. The smallest absolute Gasteiger partial charge is 0.137 e. The molecule has 2 fully saturated rings. The number of nitrogens with zero attached hydrogens (tertiary/aromatic N) is 2. The normalized spacial score (nSPS) is 18.3. The number of thiazole rings is 1. The Bertz CT molecular complexity index is 893. The minimum Gasteiger partial charge on any atom is -0.380 e. The van der Waals surface area contributed by atoms with E-state index in [1.807, 2.05) is 0 Å². The fourth-order valence-electron chi connectivity index (χ4n) is 4.11. The first-order valence-corrected chi connectivity index (χ1v) is 11.7. The summed E-state index contributed by atoms with van der Waals surface area (Å²) in [7, 11) is 0. The zero-order chi connectivity index (χ0) is 20.1. The molecule has 3 aromatic rings. The van der Waals surface area contributed by atoms with Crippen molar-refractivity contribution in [3.63, 3.8) is 0 Å². The molecule has 6 heteroatoms. The van der Waals surface area contributed by atoms with E-state index in [9.17, 15) is 0 Å². The number of H-pyrrole nitrogens is 1. The Kier molecular flexibility index (Phi) is 6.95. The third-order valence-electron chi connectivity index (χ3n) is 5.95. The molecule has 0 radical (unpaired) electrons. The van der Waals surface area contributed by atoms with Crippen LogP contribution in [0.25, 0.3) is 21.6 Å². The monoisotopic (exact) mass is 414 g/mol. The van der Waals surface area contributed by atoms with Crippen LogP contribution in [0.3, 0.4) is 0 Å². The highest BCUT2D eigenvalue weighted by Crippen LogP contribution is 2.36. The zero-order valence-electron chi connectivity index (χ0n) is 17.6. The summed E-state index contributed by atoms with van der Waals surface area (Å²) in [6, 6.07) is 2.34. The van der Waals surface area contributed by atoms with Gasteiger partial charge in [-0.15, -0.1) is 11.3 Å². The molecule has 0 unspecified atom stereocenters. The van der Waals surface area contributed by atoms with Gasteiger partial charge in [0.2, 0.25) is 0 Å². The van der Waals surface area contributed by atoms with Gasteiger partial charge in [0.05, 0.1) is 12.3 Å². The van der Waals surface area contributed by atoms with Crippen LogP contribution in [0, 0.1) is 13.8 Å². The number of hydrogen-bond acceptors (Lipinski definition) is 5. The summed E-state index contributed by atoms with van der Waals surface area (Å²) < 4.78 is 5.13. The molecule has 1 saturated heterocycles. The van der Waals surface area contributed by atoms with Crippen LogP contribution in [-0.2, 0) is 4.74 Å². The summed E-state index contributed by atoms with van der Waals surface area (Å²) in [5.41, 5.74) is 4.70. The van der Waals surface area contributed by atoms with Crippen molar-refractivity contribution in [1.82, 2.24) is 20.3 Å². The van der Waals surface area contributed by atoms with Crippen LogP contribution in [0.4, 0.5) is 0 Å². The van der Waals surface area contributed by atoms with Gasteiger partial charge in [-0.1, -0.05) is 19.3 Å². The number of fused-ring (bicyclic) bond motifs is 1. The Morgan fingerprint density at radius 1 is 1.10 bits per heavy atom. The van der Waals surface area contributed by atoms with E-state index in [0.717, 1.165) is 42.7 Å². The third-order valence-corrected chi connectivity index (χ3v) is 7.06. The Morgan fingerprint density at radius 3 is 2.76 bits per heavy atom. The molecule has 0 bridgehead atoms. The molecule has 2 N–H and O–H groups in total. The van der Waals surface area contributed by atoms with E-state index in [2.05, 4.69) is 47.6 Å². The summed E-state index contributed by atoms with van der Waals surface area (Å²) in [4.78, 5) is 14.0. The van der Waals surface area contributed by atoms with E-state index in [1.54, 1.807) is 11.3 Å². The average Bonchev–Trinajstić information content (AvgIpc) is 3.16. The molecule has 5 rings (SSSR count). The third kappa shape index (κ3) is 5.05. The molecule has 5 nitrogen and oxygen atoms in total. The quantitative estimate of drug-likeness (QED) is 0.573. The van der Waals surface area contributed by atoms with E-state index >= 15 is 0 Å². The number of hydrogen-bond donors (Lipinski definition) is 2. The molecule has 0 amide bonds. The molecule has 0 atom stereocenters. The van der Waals surface area contributed by atoms with Crippen LogP contribution in [0.2, 0.25) is 0 Å². The summed E-state index contributed by atoms with van der Waals surface area (Å²) in [5.74, 6) is 0.688. The molecule has 1 saturated carbocycles. The zero-order valence-corrected chi connectivity index (χ0v) is 18.4. The van der Waals surface area contributed by atoms with E-state index in [1.165, 1.54) is 59.9 Å². The SMILES string of the molecule is C1CNCCOC1.Cc1nc(-c2c[nH]c3ncc(C4CCCCC4)cc23)sc1C.[HH]. The number of aryl methyl sites for hydroxylation is 2. The Hall–Kier alpha value is -1.76. The van der Waals surface area contributed by atoms with Crippen molar-refractivity contribution in [3.8, 4) is 10.6 Å². The van der Waals surface area contributed by atoms with Gasteiger partial charge in [-0.3, -0.25) is 0 Å². The number of aromatic amines is 1. The van der Waals surface area contributed by atoms with E-state index in [-0.39, 0.29) is 1.43 Å². The molecule has 0 spiro atoms. The second-order valence-corrected chi connectivity index (χ2v) is 9.28. The lowest BCUT2D eigenvalue weighted by atomic mass is 9.84. The molecular formula is C23H34N4OS.